The Morgan fingerprint density at radius 2 is 1.83 bits per heavy atom. The van der Waals surface area contributed by atoms with Gasteiger partial charge in [0.05, 0.1) is 27.4 Å². The van der Waals surface area contributed by atoms with Crippen molar-refractivity contribution >= 4 is 28.9 Å². The summed E-state index contributed by atoms with van der Waals surface area (Å²) in [6.45, 7) is 0. The maximum atomic E-state index is 8.53. The van der Waals surface area contributed by atoms with Crippen LogP contribution in [0.4, 0.5) is 5.69 Å². The number of benzene rings is 1. The minimum Gasteiger partial charge on any atom is -0.321 e. The van der Waals surface area contributed by atoms with Gasteiger partial charge in [-0.25, -0.2) is 0 Å². The molecule has 0 aliphatic carbocycles. The number of rotatable bonds is 1. The second-order valence-electron chi connectivity index (χ2n) is 2.07. The zero-order chi connectivity index (χ0) is 9.14. The van der Waals surface area contributed by atoms with Crippen LogP contribution in [0.1, 0.15) is 5.56 Å². The van der Waals surface area contributed by atoms with Crippen molar-refractivity contribution in [1.82, 2.24) is 0 Å². The van der Waals surface area contributed by atoms with Crippen molar-refractivity contribution in [3.05, 3.63) is 27.7 Å². The fourth-order valence-corrected chi connectivity index (χ4v) is 1.37. The van der Waals surface area contributed by atoms with E-state index in [1.165, 1.54) is 12.1 Å². The van der Waals surface area contributed by atoms with Gasteiger partial charge in [-0.1, -0.05) is 23.2 Å². The van der Waals surface area contributed by atoms with Gasteiger partial charge < -0.3 is 5.43 Å². The highest BCUT2D eigenvalue weighted by Gasteiger charge is 2.05. The molecule has 62 valence electrons. The Balaban J connectivity index is 3.30. The van der Waals surface area contributed by atoms with Gasteiger partial charge in [0.15, 0.2) is 0 Å². The van der Waals surface area contributed by atoms with Crippen LogP contribution in [-0.4, -0.2) is 0 Å². The lowest BCUT2D eigenvalue weighted by Crippen LogP contribution is -2.07. The molecule has 0 saturated carbocycles. The third-order valence-corrected chi connectivity index (χ3v) is 1.91. The van der Waals surface area contributed by atoms with Gasteiger partial charge in [0.2, 0.25) is 0 Å². The third kappa shape index (κ3) is 1.62. The van der Waals surface area contributed by atoms with E-state index < -0.39 is 0 Å². The van der Waals surface area contributed by atoms with E-state index in [9.17, 15) is 0 Å². The highest BCUT2D eigenvalue weighted by Crippen LogP contribution is 2.30. The number of nitrogens with one attached hydrogen (secondary N) is 1. The number of nitrogen functional groups attached to an aromatic ring is 1. The summed E-state index contributed by atoms with van der Waals surface area (Å²) in [6.07, 6.45) is 0. The zero-order valence-corrected chi connectivity index (χ0v) is 7.45. The number of hydrogen-bond acceptors (Lipinski definition) is 3. The van der Waals surface area contributed by atoms with Gasteiger partial charge >= 0.3 is 0 Å². The van der Waals surface area contributed by atoms with Crippen LogP contribution in [0.15, 0.2) is 12.1 Å². The van der Waals surface area contributed by atoms with Crippen LogP contribution in [0.3, 0.4) is 0 Å². The number of nitrogens with two attached hydrogens (primary N) is 1. The summed E-state index contributed by atoms with van der Waals surface area (Å²) >= 11 is 11.5. The van der Waals surface area contributed by atoms with Crippen LogP contribution in [0.5, 0.6) is 0 Å². The smallest absolute Gasteiger partial charge is 0.0992 e. The molecule has 1 aromatic rings. The van der Waals surface area contributed by atoms with E-state index >= 15 is 0 Å². The monoisotopic (exact) mass is 201 g/mol. The van der Waals surface area contributed by atoms with Gasteiger partial charge in [0.25, 0.3) is 0 Å². The van der Waals surface area contributed by atoms with E-state index in [-0.39, 0.29) is 0 Å². The molecule has 0 aliphatic heterocycles. The molecule has 0 bridgehead atoms. The van der Waals surface area contributed by atoms with Crippen molar-refractivity contribution in [3.63, 3.8) is 0 Å². The summed E-state index contributed by atoms with van der Waals surface area (Å²) in [6, 6.07) is 4.90. The Bertz CT molecular complexity index is 320. The molecule has 0 amide bonds. The van der Waals surface area contributed by atoms with Crippen LogP contribution in [0, 0.1) is 11.3 Å². The van der Waals surface area contributed by atoms with E-state index in [1.54, 1.807) is 0 Å². The molecule has 3 N–H and O–H groups in total. The molecule has 0 unspecified atom stereocenters. The second-order valence-corrected chi connectivity index (χ2v) is 2.89. The van der Waals surface area contributed by atoms with E-state index in [0.717, 1.165) is 0 Å². The van der Waals surface area contributed by atoms with Crippen LogP contribution >= 0.6 is 23.2 Å². The first-order chi connectivity index (χ1) is 5.69. The molecular formula is C7H5Cl2N3. The maximum Gasteiger partial charge on any atom is 0.0992 e. The fourth-order valence-electron chi connectivity index (χ4n) is 0.776. The van der Waals surface area contributed by atoms with E-state index in [0.29, 0.717) is 21.3 Å². The van der Waals surface area contributed by atoms with E-state index in [4.69, 9.17) is 34.3 Å². The molecule has 0 spiro atoms. The quantitative estimate of drug-likeness (QED) is 0.541. The summed E-state index contributed by atoms with van der Waals surface area (Å²) in [5, 5.41) is 9.20. The SMILES string of the molecule is N#Cc1cc(Cl)c(NN)c(Cl)c1. The van der Waals surface area contributed by atoms with Crippen molar-refractivity contribution in [1.29, 1.82) is 5.26 Å². The Hall–Kier alpha value is -0.950. The minimum atomic E-state index is 0.335. The molecule has 0 atom stereocenters. The third-order valence-electron chi connectivity index (χ3n) is 1.32. The lowest BCUT2D eigenvalue weighted by atomic mass is 10.2. The number of halogens is 2. The lowest BCUT2D eigenvalue weighted by Gasteiger charge is -2.05. The molecule has 3 nitrogen and oxygen atoms in total. The Morgan fingerprint density at radius 3 is 2.17 bits per heavy atom. The molecule has 12 heavy (non-hydrogen) atoms. The van der Waals surface area contributed by atoms with Crippen molar-refractivity contribution < 1.29 is 0 Å². The number of anilines is 1. The van der Waals surface area contributed by atoms with Gasteiger partial charge in [-0.05, 0) is 12.1 Å². The summed E-state index contributed by atoms with van der Waals surface area (Å²) in [4.78, 5) is 0. The predicted molar refractivity (Wildman–Crippen MR) is 49.0 cm³/mol. The molecule has 5 heteroatoms. The van der Waals surface area contributed by atoms with Crippen molar-refractivity contribution in [2.45, 2.75) is 0 Å². The number of hydrogen-bond donors (Lipinski definition) is 2. The summed E-state index contributed by atoms with van der Waals surface area (Å²) in [5.41, 5.74) is 3.18. The topological polar surface area (TPSA) is 61.8 Å². The van der Waals surface area contributed by atoms with Crippen molar-refractivity contribution in [2.24, 2.45) is 5.84 Å². The zero-order valence-electron chi connectivity index (χ0n) is 5.94. The standard InChI is InChI=1S/C7H5Cl2N3/c8-5-1-4(3-10)2-6(9)7(5)12-11/h1-2,12H,11H2. The largest absolute Gasteiger partial charge is 0.321 e. The van der Waals surface area contributed by atoms with Crippen LogP contribution in [0.25, 0.3) is 0 Å². The van der Waals surface area contributed by atoms with Gasteiger partial charge in [0, 0.05) is 0 Å². The maximum absolute atomic E-state index is 8.53. The van der Waals surface area contributed by atoms with Gasteiger partial charge in [-0.2, -0.15) is 5.26 Å². The van der Waals surface area contributed by atoms with Crippen LogP contribution in [0.2, 0.25) is 10.0 Å². The summed E-state index contributed by atoms with van der Waals surface area (Å²) in [5.74, 6) is 5.14. The van der Waals surface area contributed by atoms with Crippen LogP contribution in [-0.2, 0) is 0 Å². The lowest BCUT2D eigenvalue weighted by molar-refractivity contribution is 1.35. The molecule has 1 rings (SSSR count). The van der Waals surface area contributed by atoms with Gasteiger partial charge in [-0.3, -0.25) is 5.84 Å². The highest BCUT2D eigenvalue weighted by molar-refractivity contribution is 6.39. The molecule has 0 heterocycles. The summed E-state index contributed by atoms with van der Waals surface area (Å²) in [7, 11) is 0. The van der Waals surface area contributed by atoms with Crippen molar-refractivity contribution in [3.8, 4) is 6.07 Å². The average Bonchev–Trinajstić information content (AvgIpc) is 2.03. The minimum absolute atomic E-state index is 0.335. The molecular weight excluding hydrogens is 197 g/mol. The van der Waals surface area contributed by atoms with Gasteiger partial charge in [-0.15, -0.1) is 0 Å². The first-order valence-electron chi connectivity index (χ1n) is 3.04. The number of hydrazine groups is 1. The molecule has 0 aromatic heterocycles. The number of nitriles is 1. The normalized spacial score (nSPS) is 9.17. The molecule has 0 aliphatic rings. The predicted octanol–water partition coefficient (Wildman–Crippen LogP) is 2.15. The first-order valence-corrected chi connectivity index (χ1v) is 3.80. The fraction of sp³-hybridized carbons (Fsp3) is 0. The Morgan fingerprint density at radius 1 is 1.33 bits per heavy atom. The van der Waals surface area contributed by atoms with E-state index in [2.05, 4.69) is 5.43 Å². The molecule has 0 fully saturated rings. The summed E-state index contributed by atoms with van der Waals surface area (Å²) < 4.78 is 0. The Kier molecular flexibility index (Phi) is 2.77. The van der Waals surface area contributed by atoms with Gasteiger partial charge in [0.1, 0.15) is 0 Å². The Labute approximate surface area is 79.7 Å². The molecule has 0 radical (unpaired) electrons. The molecule has 0 saturated heterocycles. The average molecular weight is 202 g/mol. The number of nitrogens with zero attached hydrogens (tertiary/aromatic N) is 1. The van der Waals surface area contributed by atoms with Crippen molar-refractivity contribution in [2.75, 3.05) is 5.43 Å². The van der Waals surface area contributed by atoms with E-state index in [1.807, 2.05) is 6.07 Å². The first kappa shape index (κ1) is 9.14. The van der Waals surface area contributed by atoms with Crippen LogP contribution < -0.4 is 11.3 Å². The highest BCUT2D eigenvalue weighted by atomic mass is 35.5. The second kappa shape index (κ2) is 3.63. The molecule has 1 aromatic carbocycles.